The zero-order valence-electron chi connectivity index (χ0n) is 16.0. The molecular formula is C19H28N2O3Si. The minimum Gasteiger partial charge on any atom is -0.497 e. The number of hydrogen-bond donors (Lipinski definition) is 0. The largest absolute Gasteiger partial charge is 0.497 e. The monoisotopic (exact) mass is 360 g/mol. The molecule has 1 aromatic rings. The Bertz CT molecular complexity index is 659. The molecule has 0 bridgehead atoms. The third-order valence-electron chi connectivity index (χ3n) is 5.28. The molecule has 1 heterocycles. The zero-order chi connectivity index (χ0) is 18.8. The average Bonchev–Trinajstić information content (AvgIpc) is 2.81. The molecule has 136 valence electrons. The van der Waals surface area contributed by atoms with Crippen molar-refractivity contribution in [1.29, 1.82) is 5.26 Å². The van der Waals surface area contributed by atoms with Gasteiger partial charge in [-0.2, -0.15) is 5.26 Å². The van der Waals surface area contributed by atoms with Crippen molar-refractivity contribution in [2.24, 2.45) is 0 Å². The van der Waals surface area contributed by atoms with E-state index >= 15 is 0 Å². The number of nitriles is 1. The van der Waals surface area contributed by atoms with Gasteiger partial charge in [-0.25, -0.2) is 0 Å². The lowest BCUT2D eigenvalue weighted by Gasteiger charge is -2.39. The highest BCUT2D eigenvalue weighted by Crippen LogP contribution is 2.39. The summed E-state index contributed by atoms with van der Waals surface area (Å²) in [7, 11) is -0.420. The van der Waals surface area contributed by atoms with Crippen molar-refractivity contribution in [3.05, 3.63) is 29.8 Å². The van der Waals surface area contributed by atoms with Crippen LogP contribution in [-0.2, 0) is 15.8 Å². The van der Waals surface area contributed by atoms with Crippen molar-refractivity contribution in [3.8, 4) is 11.8 Å². The van der Waals surface area contributed by atoms with Gasteiger partial charge in [0.2, 0.25) is 5.91 Å². The molecule has 0 N–H and O–H groups in total. The summed E-state index contributed by atoms with van der Waals surface area (Å²) in [5.74, 6) is 0.749. The van der Waals surface area contributed by atoms with Gasteiger partial charge >= 0.3 is 0 Å². The van der Waals surface area contributed by atoms with E-state index in [1.165, 1.54) is 0 Å². The highest BCUT2D eigenvalue weighted by atomic mass is 28.4. The van der Waals surface area contributed by atoms with Gasteiger partial charge in [-0.1, -0.05) is 32.9 Å². The summed E-state index contributed by atoms with van der Waals surface area (Å²) in [5.41, 5.74) is 0.974. The van der Waals surface area contributed by atoms with Crippen LogP contribution in [0.3, 0.4) is 0 Å². The number of rotatable bonds is 5. The third kappa shape index (κ3) is 4.23. The topological polar surface area (TPSA) is 62.6 Å². The second kappa shape index (κ2) is 7.18. The SMILES string of the molecule is COc1ccc(CN2C(=O)C[C@H](O[Si](C)(C)C(C)(C)C)C2C#N)cc1. The molecule has 2 rings (SSSR count). The normalized spacial score (nSPS) is 21.3. The third-order valence-corrected chi connectivity index (χ3v) is 9.78. The van der Waals surface area contributed by atoms with Crippen LogP contribution in [0.25, 0.3) is 0 Å². The molecule has 6 heteroatoms. The van der Waals surface area contributed by atoms with Gasteiger partial charge in [0.1, 0.15) is 11.8 Å². The number of amides is 1. The van der Waals surface area contributed by atoms with Crippen molar-refractivity contribution in [3.63, 3.8) is 0 Å². The quantitative estimate of drug-likeness (QED) is 0.751. The van der Waals surface area contributed by atoms with Crippen LogP contribution in [0.1, 0.15) is 32.8 Å². The Kier molecular flexibility index (Phi) is 5.60. The fourth-order valence-electron chi connectivity index (χ4n) is 2.69. The molecule has 0 radical (unpaired) electrons. The Labute approximate surface area is 151 Å². The maximum atomic E-state index is 12.5. The van der Waals surface area contributed by atoms with Gasteiger partial charge in [0.25, 0.3) is 0 Å². The van der Waals surface area contributed by atoms with Gasteiger partial charge in [-0.15, -0.1) is 0 Å². The Morgan fingerprint density at radius 1 is 1.28 bits per heavy atom. The number of benzene rings is 1. The lowest BCUT2D eigenvalue weighted by Crippen LogP contribution is -2.47. The number of nitrogens with zero attached hydrogens (tertiary/aromatic N) is 2. The highest BCUT2D eigenvalue weighted by molar-refractivity contribution is 6.74. The molecule has 5 nitrogen and oxygen atoms in total. The lowest BCUT2D eigenvalue weighted by molar-refractivity contribution is -0.128. The molecule has 1 saturated heterocycles. The van der Waals surface area contributed by atoms with Crippen molar-refractivity contribution < 1.29 is 14.0 Å². The van der Waals surface area contributed by atoms with Crippen molar-refractivity contribution >= 4 is 14.2 Å². The molecule has 1 amide bonds. The first-order chi connectivity index (χ1) is 11.6. The number of hydrogen-bond acceptors (Lipinski definition) is 4. The van der Waals surface area contributed by atoms with Gasteiger partial charge in [0.15, 0.2) is 8.32 Å². The van der Waals surface area contributed by atoms with Gasteiger partial charge in [-0.3, -0.25) is 4.79 Å². The van der Waals surface area contributed by atoms with Crippen LogP contribution in [0.15, 0.2) is 24.3 Å². The van der Waals surface area contributed by atoms with Crippen LogP contribution < -0.4 is 4.74 Å². The number of ether oxygens (including phenoxy) is 1. The van der Waals surface area contributed by atoms with Crippen LogP contribution in [0.4, 0.5) is 0 Å². The Balaban J connectivity index is 2.15. The Morgan fingerprint density at radius 3 is 2.36 bits per heavy atom. The minimum atomic E-state index is -2.04. The number of methoxy groups -OCH3 is 1. The van der Waals surface area contributed by atoms with Gasteiger partial charge in [-0.05, 0) is 35.8 Å². The summed E-state index contributed by atoms with van der Waals surface area (Å²) in [5, 5.41) is 9.70. The Hall–Kier alpha value is -1.84. The molecule has 2 atom stereocenters. The van der Waals surface area contributed by atoms with E-state index in [1.54, 1.807) is 12.0 Å². The molecule has 1 aromatic carbocycles. The number of carbonyl (C=O) groups excluding carboxylic acids is 1. The number of likely N-dealkylation sites (tertiary alicyclic amines) is 1. The first-order valence-corrected chi connectivity index (χ1v) is 11.5. The van der Waals surface area contributed by atoms with E-state index in [9.17, 15) is 10.1 Å². The van der Waals surface area contributed by atoms with Gasteiger partial charge < -0.3 is 14.1 Å². The van der Waals surface area contributed by atoms with Crippen molar-refractivity contribution in [2.45, 2.75) is 64.0 Å². The van der Waals surface area contributed by atoms with E-state index in [0.717, 1.165) is 11.3 Å². The van der Waals surface area contributed by atoms with Crippen LogP contribution in [0, 0.1) is 11.3 Å². The minimum absolute atomic E-state index is 0.0222. The maximum absolute atomic E-state index is 12.5. The molecule has 1 fully saturated rings. The molecule has 0 spiro atoms. The van der Waals surface area contributed by atoms with E-state index in [0.29, 0.717) is 6.54 Å². The van der Waals surface area contributed by atoms with Crippen LogP contribution in [0.5, 0.6) is 5.75 Å². The molecule has 1 aliphatic heterocycles. The predicted octanol–water partition coefficient (Wildman–Crippen LogP) is 3.71. The lowest BCUT2D eigenvalue weighted by atomic mass is 10.1. The second-order valence-corrected chi connectivity index (χ2v) is 12.8. The first kappa shape index (κ1) is 19.5. The molecule has 1 aliphatic rings. The summed E-state index contributed by atoms with van der Waals surface area (Å²) < 4.78 is 11.5. The second-order valence-electron chi connectivity index (χ2n) is 8.06. The van der Waals surface area contributed by atoms with E-state index in [1.807, 2.05) is 24.3 Å². The van der Waals surface area contributed by atoms with Crippen LogP contribution >= 0.6 is 0 Å². The molecule has 0 aromatic heterocycles. The zero-order valence-corrected chi connectivity index (χ0v) is 17.0. The smallest absolute Gasteiger partial charge is 0.226 e. The van der Waals surface area contributed by atoms with Crippen molar-refractivity contribution in [2.75, 3.05) is 7.11 Å². The first-order valence-electron chi connectivity index (χ1n) is 8.59. The van der Waals surface area contributed by atoms with E-state index < -0.39 is 14.4 Å². The summed E-state index contributed by atoms with van der Waals surface area (Å²) in [6.07, 6.45) is -0.0717. The van der Waals surface area contributed by atoms with E-state index in [4.69, 9.17) is 9.16 Å². The van der Waals surface area contributed by atoms with Crippen molar-refractivity contribution in [1.82, 2.24) is 4.90 Å². The fraction of sp³-hybridized carbons (Fsp3) is 0.579. The van der Waals surface area contributed by atoms with Crippen LogP contribution in [0.2, 0.25) is 18.1 Å². The Morgan fingerprint density at radius 2 is 1.88 bits per heavy atom. The predicted molar refractivity (Wildman–Crippen MR) is 99.6 cm³/mol. The standard InChI is InChI=1S/C19H28N2O3Si/c1-19(2,3)25(5,6)24-17-11-18(22)21(16(17)12-20)13-14-7-9-15(23-4)10-8-14/h7-10,16-17H,11,13H2,1-6H3/t16?,17-/m0/s1. The molecule has 0 saturated carbocycles. The molecule has 1 unspecified atom stereocenters. The van der Waals surface area contributed by atoms with Gasteiger partial charge in [0.05, 0.1) is 25.7 Å². The van der Waals surface area contributed by atoms with E-state index in [-0.39, 0.29) is 23.5 Å². The molecular weight excluding hydrogens is 332 g/mol. The summed E-state index contributed by atoms with van der Waals surface area (Å²) in [6, 6.07) is 9.31. The summed E-state index contributed by atoms with van der Waals surface area (Å²) in [6.45, 7) is 11.2. The fourth-order valence-corrected chi connectivity index (χ4v) is 4.01. The highest BCUT2D eigenvalue weighted by Gasteiger charge is 2.46. The molecule has 0 aliphatic carbocycles. The van der Waals surface area contributed by atoms with Crippen LogP contribution in [-0.4, -0.2) is 38.4 Å². The maximum Gasteiger partial charge on any atom is 0.226 e. The van der Waals surface area contributed by atoms with Gasteiger partial charge in [0, 0.05) is 6.54 Å². The average molecular weight is 361 g/mol. The number of carbonyl (C=O) groups is 1. The summed E-state index contributed by atoms with van der Waals surface area (Å²) >= 11 is 0. The summed E-state index contributed by atoms with van der Waals surface area (Å²) in [4.78, 5) is 14.1. The molecule has 25 heavy (non-hydrogen) atoms. The van der Waals surface area contributed by atoms with E-state index in [2.05, 4.69) is 39.9 Å².